The summed E-state index contributed by atoms with van der Waals surface area (Å²) < 4.78 is 5.02. The monoisotopic (exact) mass is 349 g/mol. The van der Waals surface area contributed by atoms with E-state index in [0.29, 0.717) is 0 Å². The predicted molar refractivity (Wildman–Crippen MR) is 83.7 cm³/mol. The second-order valence-electron chi connectivity index (χ2n) is 4.74. The number of nitrogens with zero attached hydrogens (tertiary/aromatic N) is 1. The van der Waals surface area contributed by atoms with Crippen LogP contribution in [0.2, 0.25) is 10.0 Å². The molecule has 0 saturated carbocycles. The van der Waals surface area contributed by atoms with E-state index in [0.717, 1.165) is 4.90 Å². The first kappa shape index (κ1) is 15.5. The molecule has 1 heterocycles. The number of ether oxygens (including phenoxy) is 1. The first-order valence-electron chi connectivity index (χ1n) is 6.57. The number of imide groups is 1. The van der Waals surface area contributed by atoms with Crippen LogP contribution in [0.1, 0.15) is 31.1 Å². The standard InChI is InChI=1S/C16H9Cl2NO4/c17-11-6-3-7-12(18)13(11)16(22)23-8-19-14(20)9-4-1-2-5-10(9)15(19)21/h1-7H,8H2. The van der Waals surface area contributed by atoms with Crippen LogP contribution >= 0.6 is 23.2 Å². The van der Waals surface area contributed by atoms with Crippen LogP contribution in [0, 0.1) is 0 Å². The summed E-state index contributed by atoms with van der Waals surface area (Å²) in [7, 11) is 0. The molecular weight excluding hydrogens is 341 g/mol. The number of rotatable bonds is 3. The summed E-state index contributed by atoms with van der Waals surface area (Å²) in [6.07, 6.45) is 0. The average Bonchev–Trinajstić information content (AvgIpc) is 2.77. The molecule has 0 aliphatic carbocycles. The minimum atomic E-state index is -0.808. The van der Waals surface area contributed by atoms with E-state index >= 15 is 0 Å². The molecule has 1 aliphatic rings. The Morgan fingerprint density at radius 3 is 1.96 bits per heavy atom. The van der Waals surface area contributed by atoms with Crippen molar-refractivity contribution in [2.75, 3.05) is 6.73 Å². The highest BCUT2D eigenvalue weighted by atomic mass is 35.5. The predicted octanol–water partition coefficient (Wildman–Crippen LogP) is 3.40. The third-order valence-electron chi connectivity index (χ3n) is 3.37. The van der Waals surface area contributed by atoms with Gasteiger partial charge in [0, 0.05) is 0 Å². The fourth-order valence-electron chi connectivity index (χ4n) is 2.24. The number of fused-ring (bicyclic) bond motifs is 1. The molecule has 0 N–H and O–H groups in total. The van der Waals surface area contributed by atoms with E-state index in [2.05, 4.69) is 0 Å². The van der Waals surface area contributed by atoms with Crippen LogP contribution in [0.25, 0.3) is 0 Å². The molecule has 0 radical (unpaired) electrons. The van der Waals surface area contributed by atoms with Crippen LogP contribution < -0.4 is 0 Å². The van der Waals surface area contributed by atoms with Gasteiger partial charge < -0.3 is 4.74 Å². The Morgan fingerprint density at radius 1 is 0.913 bits per heavy atom. The van der Waals surface area contributed by atoms with Crippen molar-refractivity contribution >= 4 is 41.0 Å². The van der Waals surface area contributed by atoms with Crippen molar-refractivity contribution in [3.8, 4) is 0 Å². The van der Waals surface area contributed by atoms with Crippen molar-refractivity contribution in [1.82, 2.24) is 4.90 Å². The molecule has 0 bridgehead atoms. The molecule has 0 aromatic heterocycles. The number of halogens is 2. The van der Waals surface area contributed by atoms with Gasteiger partial charge in [0.2, 0.25) is 0 Å². The molecule has 0 atom stereocenters. The maximum absolute atomic E-state index is 12.2. The highest BCUT2D eigenvalue weighted by Crippen LogP contribution is 2.26. The molecule has 3 rings (SSSR count). The molecule has 23 heavy (non-hydrogen) atoms. The molecule has 1 aliphatic heterocycles. The molecule has 116 valence electrons. The lowest BCUT2D eigenvalue weighted by Crippen LogP contribution is -2.33. The Kier molecular flexibility index (Phi) is 4.07. The first-order chi connectivity index (χ1) is 11.0. The van der Waals surface area contributed by atoms with Gasteiger partial charge in [0.05, 0.1) is 26.7 Å². The smallest absolute Gasteiger partial charge is 0.342 e. The molecule has 5 nitrogen and oxygen atoms in total. The highest BCUT2D eigenvalue weighted by Gasteiger charge is 2.36. The minimum absolute atomic E-state index is 0.00700. The topological polar surface area (TPSA) is 63.7 Å². The third-order valence-corrected chi connectivity index (χ3v) is 4.00. The number of benzene rings is 2. The minimum Gasteiger partial charge on any atom is -0.440 e. The van der Waals surface area contributed by atoms with Crippen molar-refractivity contribution in [2.45, 2.75) is 0 Å². The van der Waals surface area contributed by atoms with Crippen LogP contribution in [0.4, 0.5) is 0 Å². The molecule has 2 aromatic carbocycles. The lowest BCUT2D eigenvalue weighted by molar-refractivity contribution is 0.0228. The Morgan fingerprint density at radius 2 is 1.43 bits per heavy atom. The summed E-state index contributed by atoms with van der Waals surface area (Å²) in [5, 5.41) is 0.259. The summed E-state index contributed by atoms with van der Waals surface area (Å²) in [6, 6.07) is 11.0. The molecule has 0 unspecified atom stereocenters. The van der Waals surface area contributed by atoms with Crippen molar-refractivity contribution < 1.29 is 19.1 Å². The lowest BCUT2D eigenvalue weighted by atomic mass is 10.1. The molecule has 2 amide bonds. The van der Waals surface area contributed by atoms with Gasteiger partial charge in [-0.2, -0.15) is 0 Å². The number of hydrogen-bond donors (Lipinski definition) is 0. The average molecular weight is 350 g/mol. The highest BCUT2D eigenvalue weighted by molar-refractivity contribution is 6.39. The summed E-state index contributed by atoms with van der Waals surface area (Å²) >= 11 is 11.8. The van der Waals surface area contributed by atoms with Gasteiger partial charge in [-0.1, -0.05) is 41.4 Å². The van der Waals surface area contributed by atoms with E-state index in [-0.39, 0.29) is 26.7 Å². The lowest BCUT2D eigenvalue weighted by Gasteiger charge is -2.14. The van der Waals surface area contributed by atoms with Gasteiger partial charge >= 0.3 is 5.97 Å². The van der Waals surface area contributed by atoms with Crippen molar-refractivity contribution in [3.05, 3.63) is 69.2 Å². The summed E-state index contributed by atoms with van der Waals surface area (Å²) in [5.41, 5.74) is 0.557. The third kappa shape index (κ3) is 2.69. The second kappa shape index (κ2) is 6.02. The van der Waals surface area contributed by atoms with Crippen molar-refractivity contribution in [2.24, 2.45) is 0 Å². The summed E-state index contributed by atoms with van der Waals surface area (Å²) in [6.45, 7) is -0.507. The van der Waals surface area contributed by atoms with Crippen LogP contribution in [0.15, 0.2) is 42.5 Å². The number of hydrogen-bond acceptors (Lipinski definition) is 4. The van der Waals surface area contributed by atoms with E-state index < -0.39 is 24.5 Å². The largest absolute Gasteiger partial charge is 0.440 e. The van der Waals surface area contributed by atoms with E-state index in [1.165, 1.54) is 12.1 Å². The molecule has 0 spiro atoms. The van der Waals surface area contributed by atoms with Crippen LogP contribution in [-0.2, 0) is 4.74 Å². The normalized spacial score (nSPS) is 13.2. The van der Waals surface area contributed by atoms with Gasteiger partial charge in [-0.05, 0) is 24.3 Å². The molecule has 7 heteroatoms. The van der Waals surface area contributed by atoms with E-state index in [4.69, 9.17) is 27.9 Å². The van der Waals surface area contributed by atoms with E-state index in [9.17, 15) is 14.4 Å². The summed E-state index contributed by atoms with van der Waals surface area (Å²) in [4.78, 5) is 37.2. The maximum Gasteiger partial charge on any atom is 0.342 e. The zero-order valence-electron chi connectivity index (χ0n) is 11.6. The fraction of sp³-hybridized carbons (Fsp3) is 0.0625. The molecular formula is C16H9Cl2NO4. The number of esters is 1. The quantitative estimate of drug-likeness (QED) is 0.629. The Labute approximate surface area is 141 Å². The second-order valence-corrected chi connectivity index (χ2v) is 5.56. The van der Waals surface area contributed by atoms with Crippen LogP contribution in [0.3, 0.4) is 0 Å². The fourth-order valence-corrected chi connectivity index (χ4v) is 2.80. The number of amides is 2. The van der Waals surface area contributed by atoms with Gasteiger partial charge in [-0.25, -0.2) is 9.69 Å². The van der Waals surface area contributed by atoms with Gasteiger partial charge in [0.1, 0.15) is 0 Å². The van der Waals surface area contributed by atoms with Gasteiger partial charge in [0.15, 0.2) is 6.73 Å². The first-order valence-corrected chi connectivity index (χ1v) is 7.32. The summed E-state index contributed by atoms with van der Waals surface area (Å²) in [5.74, 6) is -1.83. The Balaban J connectivity index is 1.76. The van der Waals surface area contributed by atoms with Gasteiger partial charge in [-0.3, -0.25) is 9.59 Å². The van der Waals surface area contributed by atoms with Gasteiger partial charge in [0.25, 0.3) is 11.8 Å². The number of carbonyl (C=O) groups is 3. The Hall–Kier alpha value is -2.37. The SMILES string of the molecule is O=C(OCN1C(=O)c2ccccc2C1=O)c1c(Cl)cccc1Cl. The zero-order chi connectivity index (χ0) is 16.6. The van der Waals surface area contributed by atoms with Crippen LogP contribution in [0.5, 0.6) is 0 Å². The number of carbonyl (C=O) groups excluding carboxylic acids is 3. The van der Waals surface area contributed by atoms with Gasteiger partial charge in [-0.15, -0.1) is 0 Å². The van der Waals surface area contributed by atoms with E-state index in [1.807, 2.05) is 0 Å². The maximum atomic E-state index is 12.2. The zero-order valence-corrected chi connectivity index (χ0v) is 13.1. The molecule has 0 fully saturated rings. The van der Waals surface area contributed by atoms with Crippen molar-refractivity contribution in [1.29, 1.82) is 0 Å². The van der Waals surface area contributed by atoms with Crippen molar-refractivity contribution in [3.63, 3.8) is 0 Å². The molecule has 2 aromatic rings. The van der Waals surface area contributed by atoms with Crippen LogP contribution in [-0.4, -0.2) is 29.4 Å². The Bertz CT molecular complexity index is 779. The molecule has 0 saturated heterocycles. The van der Waals surface area contributed by atoms with E-state index in [1.54, 1.807) is 30.3 Å².